The monoisotopic (exact) mass is 466 g/mol. The summed E-state index contributed by atoms with van der Waals surface area (Å²) < 4.78 is 10.9. The highest BCUT2D eigenvalue weighted by Crippen LogP contribution is 2.44. The highest BCUT2D eigenvalue weighted by atomic mass is 16.5. The van der Waals surface area contributed by atoms with Gasteiger partial charge >= 0.3 is 12.1 Å². The van der Waals surface area contributed by atoms with Crippen molar-refractivity contribution in [1.82, 2.24) is 10.2 Å². The summed E-state index contributed by atoms with van der Waals surface area (Å²) in [5.41, 5.74) is 4.64. The van der Waals surface area contributed by atoms with Gasteiger partial charge in [0.25, 0.3) is 0 Å². The zero-order valence-electron chi connectivity index (χ0n) is 19.2. The van der Waals surface area contributed by atoms with Gasteiger partial charge in [0.1, 0.15) is 13.2 Å². The summed E-state index contributed by atoms with van der Waals surface area (Å²) in [6, 6.07) is 15.9. The second-order valence-electron chi connectivity index (χ2n) is 8.86. The molecule has 1 aliphatic carbocycles. The van der Waals surface area contributed by atoms with Gasteiger partial charge in [0, 0.05) is 31.5 Å². The lowest BCUT2D eigenvalue weighted by Crippen LogP contribution is -2.44. The molecule has 0 bridgehead atoms. The second-order valence-corrected chi connectivity index (χ2v) is 8.86. The van der Waals surface area contributed by atoms with Crippen LogP contribution in [0, 0.1) is 0 Å². The van der Waals surface area contributed by atoms with Crippen LogP contribution in [0.25, 0.3) is 11.1 Å². The molecule has 0 saturated carbocycles. The Labute approximate surface area is 198 Å². The molecule has 2 aromatic rings. The topological polar surface area (TPSA) is 105 Å². The van der Waals surface area contributed by atoms with Gasteiger partial charge in [0.05, 0.1) is 6.10 Å². The van der Waals surface area contributed by atoms with E-state index in [2.05, 4.69) is 29.6 Å². The van der Waals surface area contributed by atoms with E-state index in [4.69, 9.17) is 14.6 Å². The second kappa shape index (κ2) is 10.7. The van der Waals surface area contributed by atoms with E-state index in [1.165, 1.54) is 11.1 Å². The third-order valence-corrected chi connectivity index (χ3v) is 6.43. The van der Waals surface area contributed by atoms with E-state index >= 15 is 0 Å². The number of hydrogen-bond acceptors (Lipinski definition) is 5. The molecular formula is C26H30N2O6. The molecule has 180 valence electrons. The molecule has 0 aromatic heterocycles. The number of carbonyl (C=O) groups is 3. The smallest absolute Gasteiger partial charge is 0.407 e. The van der Waals surface area contributed by atoms with Crippen LogP contribution >= 0.6 is 0 Å². The molecule has 0 radical (unpaired) electrons. The van der Waals surface area contributed by atoms with Gasteiger partial charge in [-0.25, -0.2) is 9.59 Å². The van der Waals surface area contributed by atoms with E-state index in [0.717, 1.165) is 11.1 Å². The Hall–Kier alpha value is -3.39. The number of hydrogen-bond donors (Lipinski definition) is 2. The van der Waals surface area contributed by atoms with Crippen LogP contribution in [0.15, 0.2) is 48.5 Å². The first kappa shape index (κ1) is 23.8. The third-order valence-electron chi connectivity index (χ3n) is 6.43. The lowest BCUT2D eigenvalue weighted by Gasteiger charge is -2.32. The van der Waals surface area contributed by atoms with Gasteiger partial charge in [-0.3, -0.25) is 4.79 Å². The zero-order chi connectivity index (χ0) is 24.1. The maximum absolute atomic E-state index is 12.6. The van der Waals surface area contributed by atoms with Crippen molar-refractivity contribution >= 4 is 18.0 Å². The first-order chi connectivity index (χ1) is 16.4. The molecule has 4 rings (SSSR count). The van der Waals surface area contributed by atoms with E-state index in [1.54, 1.807) is 11.8 Å². The number of likely N-dealkylation sites (tertiary alicyclic amines) is 1. The standard InChI is InChI=1S/C26H30N2O6/c1-17(14-24(29)28-12-10-18(11-13-28)33-16-25(30)31)27-26(32)34-15-23-21-8-4-2-6-19(21)20-7-3-5-9-22(20)23/h2-9,17-18,23H,10-16H2,1H3,(H,27,32)(H,30,31). The number of nitrogens with zero attached hydrogens (tertiary/aromatic N) is 1. The minimum absolute atomic E-state index is 0.0141. The number of piperidine rings is 1. The molecule has 1 saturated heterocycles. The van der Waals surface area contributed by atoms with Gasteiger partial charge < -0.3 is 24.8 Å². The predicted octanol–water partition coefficient (Wildman–Crippen LogP) is 3.40. The lowest BCUT2D eigenvalue weighted by atomic mass is 9.98. The summed E-state index contributed by atoms with van der Waals surface area (Å²) >= 11 is 0. The number of aliphatic carboxylic acids is 1. The highest BCUT2D eigenvalue weighted by molar-refractivity contribution is 5.79. The minimum atomic E-state index is -0.994. The lowest BCUT2D eigenvalue weighted by molar-refractivity contribution is -0.147. The molecule has 2 aromatic carbocycles. The van der Waals surface area contributed by atoms with Gasteiger partial charge in [-0.2, -0.15) is 0 Å². The van der Waals surface area contributed by atoms with Crippen molar-refractivity contribution in [2.24, 2.45) is 0 Å². The van der Waals surface area contributed by atoms with Crippen LogP contribution in [-0.2, 0) is 19.1 Å². The van der Waals surface area contributed by atoms with E-state index in [9.17, 15) is 14.4 Å². The van der Waals surface area contributed by atoms with Gasteiger partial charge in [-0.15, -0.1) is 0 Å². The number of benzene rings is 2. The maximum atomic E-state index is 12.6. The third kappa shape index (κ3) is 5.56. The van der Waals surface area contributed by atoms with Crippen LogP contribution < -0.4 is 5.32 Å². The molecule has 2 amide bonds. The van der Waals surface area contributed by atoms with Crippen molar-refractivity contribution < 1.29 is 29.0 Å². The van der Waals surface area contributed by atoms with Gasteiger partial charge in [0.2, 0.25) is 5.91 Å². The van der Waals surface area contributed by atoms with Crippen molar-refractivity contribution in [3.05, 3.63) is 59.7 Å². The average Bonchev–Trinajstić information content (AvgIpc) is 3.15. The van der Waals surface area contributed by atoms with Crippen molar-refractivity contribution in [3.8, 4) is 11.1 Å². The number of amides is 2. The van der Waals surface area contributed by atoms with Crippen molar-refractivity contribution in [2.45, 2.75) is 44.2 Å². The zero-order valence-corrected chi connectivity index (χ0v) is 19.2. The van der Waals surface area contributed by atoms with Crippen LogP contribution in [0.3, 0.4) is 0 Å². The number of nitrogens with one attached hydrogen (secondary N) is 1. The average molecular weight is 467 g/mol. The predicted molar refractivity (Wildman–Crippen MR) is 125 cm³/mol. The Morgan fingerprint density at radius 1 is 1.03 bits per heavy atom. The van der Waals surface area contributed by atoms with Crippen molar-refractivity contribution in [2.75, 3.05) is 26.3 Å². The molecule has 1 atom stereocenters. The van der Waals surface area contributed by atoms with Crippen molar-refractivity contribution in [1.29, 1.82) is 0 Å². The molecule has 8 heteroatoms. The Kier molecular flexibility index (Phi) is 7.47. The van der Waals surface area contributed by atoms with E-state index in [-0.39, 0.29) is 43.6 Å². The molecule has 34 heavy (non-hydrogen) atoms. The normalized spacial score (nSPS) is 16.4. The summed E-state index contributed by atoms with van der Waals surface area (Å²) in [6.07, 6.45) is 0.699. The largest absolute Gasteiger partial charge is 0.480 e. The number of rotatable bonds is 8. The Morgan fingerprint density at radius 2 is 1.62 bits per heavy atom. The summed E-state index contributed by atoms with van der Waals surface area (Å²) in [6.45, 7) is 2.72. The number of alkyl carbamates (subject to hydrolysis) is 1. The fraction of sp³-hybridized carbons (Fsp3) is 0.423. The molecule has 2 aliphatic rings. The molecule has 1 aliphatic heterocycles. The number of carboxylic acids is 1. The molecule has 1 unspecified atom stereocenters. The Bertz CT molecular complexity index is 1000. The summed E-state index contributed by atoms with van der Waals surface area (Å²) in [5.74, 6) is -1.06. The van der Waals surface area contributed by atoms with Crippen LogP contribution in [-0.4, -0.2) is 66.4 Å². The van der Waals surface area contributed by atoms with Crippen LogP contribution in [0.1, 0.15) is 43.2 Å². The number of carbonyl (C=O) groups excluding carboxylic acids is 2. The molecule has 2 N–H and O–H groups in total. The fourth-order valence-electron chi connectivity index (χ4n) is 4.74. The molecular weight excluding hydrogens is 436 g/mol. The van der Waals surface area contributed by atoms with Crippen LogP contribution in [0.5, 0.6) is 0 Å². The summed E-state index contributed by atoms with van der Waals surface area (Å²) in [7, 11) is 0. The Morgan fingerprint density at radius 3 is 2.21 bits per heavy atom. The number of ether oxygens (including phenoxy) is 2. The van der Waals surface area contributed by atoms with Crippen LogP contribution in [0.2, 0.25) is 0 Å². The van der Waals surface area contributed by atoms with E-state index < -0.39 is 12.1 Å². The quantitative estimate of drug-likeness (QED) is 0.618. The first-order valence-electron chi connectivity index (χ1n) is 11.6. The summed E-state index contributed by atoms with van der Waals surface area (Å²) in [5, 5.41) is 11.5. The molecule has 1 fully saturated rings. The molecule has 1 heterocycles. The summed E-state index contributed by atoms with van der Waals surface area (Å²) in [4.78, 5) is 37.4. The van der Waals surface area contributed by atoms with Gasteiger partial charge in [-0.05, 0) is 42.0 Å². The minimum Gasteiger partial charge on any atom is -0.480 e. The molecule has 8 nitrogen and oxygen atoms in total. The van der Waals surface area contributed by atoms with Gasteiger partial charge in [-0.1, -0.05) is 48.5 Å². The number of carboxylic acid groups (broad SMARTS) is 1. The Balaban J connectivity index is 1.23. The highest BCUT2D eigenvalue weighted by Gasteiger charge is 2.29. The van der Waals surface area contributed by atoms with E-state index in [1.807, 2.05) is 24.3 Å². The maximum Gasteiger partial charge on any atom is 0.407 e. The SMILES string of the molecule is CC(CC(=O)N1CCC(OCC(=O)O)CC1)NC(=O)OCC1c2ccccc2-c2ccccc21. The number of fused-ring (bicyclic) bond motifs is 3. The van der Waals surface area contributed by atoms with Crippen LogP contribution in [0.4, 0.5) is 4.79 Å². The fourth-order valence-corrected chi connectivity index (χ4v) is 4.74. The van der Waals surface area contributed by atoms with Crippen molar-refractivity contribution in [3.63, 3.8) is 0 Å². The molecule has 0 spiro atoms. The van der Waals surface area contributed by atoms with E-state index in [0.29, 0.717) is 25.9 Å². The first-order valence-corrected chi connectivity index (χ1v) is 11.6. The van der Waals surface area contributed by atoms with Gasteiger partial charge in [0.15, 0.2) is 0 Å².